The molecule has 1 heterocycles. The number of methoxy groups -OCH3 is 1. The molecule has 3 rings (SSSR count). The zero-order chi connectivity index (χ0) is 25.0. The molecular formula is C25H21Cl2NO6. The summed E-state index contributed by atoms with van der Waals surface area (Å²) in [5, 5.41) is 23.3. The Morgan fingerprint density at radius 3 is 2.06 bits per heavy atom. The van der Waals surface area contributed by atoms with E-state index in [-0.39, 0.29) is 44.6 Å². The summed E-state index contributed by atoms with van der Waals surface area (Å²) in [5.41, 5.74) is 0.172. The van der Waals surface area contributed by atoms with E-state index in [9.17, 15) is 24.6 Å². The van der Waals surface area contributed by atoms with Crippen molar-refractivity contribution in [1.82, 2.24) is 5.32 Å². The molecule has 3 N–H and O–H groups in total. The number of benzene rings is 2. The fourth-order valence-electron chi connectivity index (χ4n) is 3.88. The van der Waals surface area contributed by atoms with Crippen LogP contribution in [0.15, 0.2) is 83.2 Å². The predicted octanol–water partition coefficient (Wildman–Crippen LogP) is 4.72. The van der Waals surface area contributed by atoms with Crippen LogP contribution in [0.2, 0.25) is 10.0 Å². The molecule has 7 nitrogen and oxygen atoms in total. The summed E-state index contributed by atoms with van der Waals surface area (Å²) in [7, 11) is 1.13. The lowest BCUT2D eigenvalue weighted by molar-refractivity contribution is -0.136. The van der Waals surface area contributed by atoms with Gasteiger partial charge >= 0.3 is 17.9 Å². The van der Waals surface area contributed by atoms with Gasteiger partial charge in [-0.25, -0.2) is 14.4 Å². The highest BCUT2D eigenvalue weighted by atomic mass is 35.5. The zero-order valence-electron chi connectivity index (χ0n) is 18.1. The topological polar surface area (TPSA) is 113 Å². The third kappa shape index (κ3) is 5.00. The van der Waals surface area contributed by atoms with Crippen molar-refractivity contribution in [3.8, 4) is 0 Å². The number of ether oxygens (including phenoxy) is 1. The largest absolute Gasteiger partial charge is 0.478 e. The number of carboxylic acid groups (broad SMARTS) is 2. The first-order valence-corrected chi connectivity index (χ1v) is 10.9. The molecule has 1 aliphatic rings. The predicted molar refractivity (Wildman–Crippen MR) is 128 cm³/mol. The van der Waals surface area contributed by atoms with Crippen LogP contribution in [0.4, 0.5) is 0 Å². The van der Waals surface area contributed by atoms with E-state index in [2.05, 4.69) is 11.9 Å². The minimum atomic E-state index is -1.46. The number of carbonyl (C=O) groups excluding carboxylic acids is 1. The second-order valence-electron chi connectivity index (χ2n) is 7.44. The Labute approximate surface area is 206 Å². The van der Waals surface area contributed by atoms with Crippen LogP contribution in [-0.4, -0.2) is 35.2 Å². The van der Waals surface area contributed by atoms with E-state index in [0.29, 0.717) is 6.42 Å². The van der Waals surface area contributed by atoms with Crippen molar-refractivity contribution >= 4 is 41.1 Å². The summed E-state index contributed by atoms with van der Waals surface area (Å²) in [6.45, 7) is 3.68. The number of rotatable bonds is 8. The molecule has 2 aromatic carbocycles. The van der Waals surface area contributed by atoms with Gasteiger partial charge in [-0.3, -0.25) is 0 Å². The highest BCUT2D eigenvalue weighted by Gasteiger charge is 2.41. The summed E-state index contributed by atoms with van der Waals surface area (Å²) in [6, 6.07) is 13.9. The van der Waals surface area contributed by atoms with Gasteiger partial charge in [-0.05, 0) is 30.5 Å². The van der Waals surface area contributed by atoms with Gasteiger partial charge in [0.15, 0.2) is 0 Å². The van der Waals surface area contributed by atoms with Crippen molar-refractivity contribution in [1.29, 1.82) is 0 Å². The number of hydrogen-bond donors (Lipinski definition) is 3. The number of aryl methyl sites for hydroxylation is 1. The average molecular weight is 502 g/mol. The molecule has 2 aromatic rings. The van der Waals surface area contributed by atoms with Gasteiger partial charge < -0.3 is 20.3 Å². The maximum Gasteiger partial charge on any atom is 0.339 e. The maximum absolute atomic E-state index is 12.5. The van der Waals surface area contributed by atoms with E-state index >= 15 is 0 Å². The summed E-state index contributed by atoms with van der Waals surface area (Å²) in [5.74, 6) is -5.06. The van der Waals surface area contributed by atoms with Gasteiger partial charge in [0.05, 0.1) is 35.4 Å². The zero-order valence-corrected chi connectivity index (χ0v) is 19.6. The number of carboxylic acids is 2. The van der Waals surface area contributed by atoms with Crippen molar-refractivity contribution in [2.24, 2.45) is 0 Å². The summed E-state index contributed by atoms with van der Waals surface area (Å²) in [6.07, 6.45) is 0.651. The summed E-state index contributed by atoms with van der Waals surface area (Å²) >= 11 is 12.8. The lowest BCUT2D eigenvalue weighted by atomic mass is 9.78. The van der Waals surface area contributed by atoms with Crippen molar-refractivity contribution in [2.45, 2.75) is 18.8 Å². The van der Waals surface area contributed by atoms with Gasteiger partial charge in [-0.1, -0.05) is 66.2 Å². The SMILES string of the molecule is C=C(C(=O)OC)C1=C(C(=O)O)C(c2c(Cl)cccc2Cl)C(C(=O)O)=C(CCc2ccccc2)N1. The van der Waals surface area contributed by atoms with Crippen LogP contribution in [0.5, 0.6) is 0 Å². The number of allylic oxidation sites excluding steroid dienone is 1. The molecule has 0 aromatic heterocycles. The average Bonchev–Trinajstić information content (AvgIpc) is 2.81. The van der Waals surface area contributed by atoms with E-state index in [1.165, 1.54) is 12.1 Å². The number of dihydropyridines is 1. The molecule has 0 spiro atoms. The number of nitrogens with one attached hydrogen (secondary N) is 1. The number of esters is 1. The van der Waals surface area contributed by atoms with E-state index in [4.69, 9.17) is 27.9 Å². The first-order chi connectivity index (χ1) is 16.2. The summed E-state index contributed by atoms with van der Waals surface area (Å²) in [4.78, 5) is 37.2. The second-order valence-corrected chi connectivity index (χ2v) is 8.25. The Morgan fingerprint density at radius 1 is 0.941 bits per heavy atom. The van der Waals surface area contributed by atoms with Gasteiger partial charge in [0.2, 0.25) is 0 Å². The van der Waals surface area contributed by atoms with E-state index < -0.39 is 29.4 Å². The third-order valence-corrected chi connectivity index (χ3v) is 6.10. The molecule has 176 valence electrons. The van der Waals surface area contributed by atoms with Gasteiger partial charge in [0.25, 0.3) is 0 Å². The van der Waals surface area contributed by atoms with Crippen molar-refractivity contribution in [2.75, 3.05) is 7.11 Å². The third-order valence-electron chi connectivity index (χ3n) is 5.44. The Kier molecular flexibility index (Phi) is 7.81. The number of aliphatic carboxylic acids is 2. The molecule has 9 heteroatoms. The Morgan fingerprint density at radius 2 is 1.53 bits per heavy atom. The van der Waals surface area contributed by atoms with Gasteiger partial charge in [-0.15, -0.1) is 0 Å². The van der Waals surface area contributed by atoms with Crippen LogP contribution >= 0.6 is 23.2 Å². The highest BCUT2D eigenvalue weighted by Crippen LogP contribution is 2.45. The molecule has 0 saturated heterocycles. The van der Waals surface area contributed by atoms with Gasteiger partial charge in [0.1, 0.15) is 0 Å². The molecule has 0 bridgehead atoms. The lowest BCUT2D eigenvalue weighted by Crippen LogP contribution is -2.35. The molecule has 34 heavy (non-hydrogen) atoms. The fourth-order valence-corrected chi connectivity index (χ4v) is 4.50. The molecule has 1 unspecified atom stereocenters. The number of carbonyl (C=O) groups is 3. The second kappa shape index (κ2) is 10.6. The molecule has 0 fully saturated rings. The molecule has 0 saturated carbocycles. The highest BCUT2D eigenvalue weighted by molar-refractivity contribution is 6.36. The van der Waals surface area contributed by atoms with Crippen molar-refractivity contribution in [3.63, 3.8) is 0 Å². The minimum absolute atomic E-state index is 0.0855. The molecule has 1 aliphatic heterocycles. The van der Waals surface area contributed by atoms with E-state index in [1.54, 1.807) is 6.07 Å². The van der Waals surface area contributed by atoms with Gasteiger partial charge in [0, 0.05) is 21.3 Å². The smallest absolute Gasteiger partial charge is 0.339 e. The summed E-state index contributed by atoms with van der Waals surface area (Å²) < 4.78 is 4.73. The van der Waals surface area contributed by atoms with Crippen LogP contribution < -0.4 is 5.32 Å². The van der Waals surface area contributed by atoms with E-state index in [0.717, 1.165) is 12.7 Å². The normalized spacial score (nSPS) is 15.6. The Balaban J connectivity index is 2.28. The Hall–Kier alpha value is -3.55. The monoisotopic (exact) mass is 501 g/mol. The standard InChI is InChI=1S/C25H21Cl2NO6/c1-13(25(33)34-2)22-21(24(31)32)20(18-15(26)9-6-10-16(18)27)19(23(29)30)17(28-22)12-11-14-7-4-3-5-8-14/h3-10,20,28H,1,11-12H2,2H3,(H,29,30)(H,31,32). The number of halogens is 2. The first kappa shape index (κ1) is 25.1. The van der Waals surface area contributed by atoms with Crippen LogP contribution in [-0.2, 0) is 25.5 Å². The minimum Gasteiger partial charge on any atom is -0.478 e. The van der Waals surface area contributed by atoms with Crippen molar-refractivity contribution < 1.29 is 29.3 Å². The Bertz CT molecular complexity index is 1210. The molecule has 0 aliphatic carbocycles. The molecule has 0 amide bonds. The first-order valence-electron chi connectivity index (χ1n) is 10.1. The quantitative estimate of drug-likeness (QED) is 0.354. The lowest BCUT2D eigenvalue weighted by Gasteiger charge is -2.32. The van der Waals surface area contributed by atoms with Crippen LogP contribution in [0, 0.1) is 0 Å². The van der Waals surface area contributed by atoms with Crippen LogP contribution in [0.1, 0.15) is 23.5 Å². The van der Waals surface area contributed by atoms with Crippen LogP contribution in [0.25, 0.3) is 0 Å². The van der Waals surface area contributed by atoms with Gasteiger partial charge in [-0.2, -0.15) is 0 Å². The maximum atomic E-state index is 12.5. The molecular weight excluding hydrogens is 481 g/mol. The fraction of sp³-hybridized carbons (Fsp3) is 0.160. The van der Waals surface area contributed by atoms with Crippen LogP contribution in [0.3, 0.4) is 0 Å². The number of hydrogen-bond acceptors (Lipinski definition) is 5. The molecule has 1 atom stereocenters. The van der Waals surface area contributed by atoms with E-state index in [1.807, 2.05) is 30.3 Å². The van der Waals surface area contributed by atoms with Crippen molar-refractivity contribution in [3.05, 3.63) is 104 Å². The molecule has 0 radical (unpaired) electrons.